The Labute approximate surface area is 124 Å². The second kappa shape index (κ2) is 6.39. The second-order valence-electron chi connectivity index (χ2n) is 5.01. The van der Waals surface area contributed by atoms with Crippen molar-refractivity contribution in [2.75, 3.05) is 17.2 Å². The van der Waals surface area contributed by atoms with Gasteiger partial charge in [0.25, 0.3) is 5.91 Å². The summed E-state index contributed by atoms with van der Waals surface area (Å²) in [5.41, 5.74) is 8.07. The summed E-state index contributed by atoms with van der Waals surface area (Å²) >= 11 is 0. The summed E-state index contributed by atoms with van der Waals surface area (Å²) in [6, 6.07) is 11.6. The van der Waals surface area contributed by atoms with Crippen molar-refractivity contribution in [2.24, 2.45) is 0 Å². The number of nitrogens with two attached hydrogens (primary N) is 1. The molecule has 4 heteroatoms. The van der Waals surface area contributed by atoms with E-state index in [1.54, 1.807) is 30.0 Å². The quantitative estimate of drug-likeness (QED) is 0.870. The fourth-order valence-electron chi connectivity index (χ4n) is 2.16. The molecule has 0 saturated heterocycles. The molecule has 0 unspecified atom stereocenters. The lowest BCUT2D eigenvalue weighted by atomic mass is 10.1. The third-order valence-corrected chi connectivity index (χ3v) is 3.30. The van der Waals surface area contributed by atoms with Crippen molar-refractivity contribution >= 4 is 17.3 Å². The van der Waals surface area contributed by atoms with Crippen LogP contribution in [0, 0.1) is 12.7 Å². The Morgan fingerprint density at radius 1 is 1.19 bits per heavy atom. The third kappa shape index (κ3) is 3.40. The lowest BCUT2D eigenvalue weighted by Crippen LogP contribution is -2.31. The highest BCUT2D eigenvalue weighted by Crippen LogP contribution is 2.20. The molecule has 0 bridgehead atoms. The van der Waals surface area contributed by atoms with Crippen LogP contribution in [0.1, 0.15) is 29.3 Å². The lowest BCUT2D eigenvalue weighted by molar-refractivity contribution is 0.0987. The van der Waals surface area contributed by atoms with Gasteiger partial charge in [-0.1, -0.05) is 6.92 Å². The van der Waals surface area contributed by atoms with Crippen LogP contribution in [0.15, 0.2) is 42.5 Å². The average molecular weight is 286 g/mol. The Bertz CT molecular complexity index is 638. The lowest BCUT2D eigenvalue weighted by Gasteiger charge is -2.22. The zero-order valence-corrected chi connectivity index (χ0v) is 12.3. The zero-order chi connectivity index (χ0) is 15.4. The number of benzene rings is 2. The van der Waals surface area contributed by atoms with Gasteiger partial charge in [0.2, 0.25) is 0 Å². The van der Waals surface area contributed by atoms with E-state index < -0.39 is 0 Å². The van der Waals surface area contributed by atoms with Crippen LogP contribution in [-0.4, -0.2) is 12.5 Å². The van der Waals surface area contributed by atoms with Crippen LogP contribution in [0.25, 0.3) is 0 Å². The number of halogens is 1. The normalized spacial score (nSPS) is 10.4. The monoisotopic (exact) mass is 286 g/mol. The molecule has 0 fully saturated rings. The van der Waals surface area contributed by atoms with Crippen LogP contribution in [0.4, 0.5) is 15.8 Å². The fraction of sp³-hybridized carbons (Fsp3) is 0.235. The molecule has 1 amide bonds. The standard InChI is InChI=1S/C17H19FN2O/c1-3-10-20(15-7-5-14(19)6-8-15)17(21)13-4-9-16(18)12(2)11-13/h4-9,11H,3,10,19H2,1-2H3. The smallest absolute Gasteiger partial charge is 0.258 e. The number of carbonyl (C=O) groups is 1. The van der Waals surface area contributed by atoms with Crippen LogP contribution in [0.2, 0.25) is 0 Å². The molecule has 0 radical (unpaired) electrons. The maximum absolute atomic E-state index is 13.3. The summed E-state index contributed by atoms with van der Waals surface area (Å²) < 4.78 is 13.3. The van der Waals surface area contributed by atoms with E-state index in [-0.39, 0.29) is 11.7 Å². The number of carbonyl (C=O) groups excluding carboxylic acids is 1. The first-order chi connectivity index (χ1) is 10.0. The summed E-state index contributed by atoms with van der Waals surface area (Å²) in [6.07, 6.45) is 0.830. The first-order valence-electron chi connectivity index (χ1n) is 6.96. The molecule has 0 aromatic heterocycles. The molecule has 0 saturated carbocycles. The van der Waals surface area contributed by atoms with Gasteiger partial charge in [-0.05, 0) is 61.4 Å². The number of nitrogen functional groups attached to an aromatic ring is 1. The number of nitrogens with zero attached hydrogens (tertiary/aromatic N) is 1. The summed E-state index contributed by atoms with van der Waals surface area (Å²) in [4.78, 5) is 14.3. The van der Waals surface area contributed by atoms with E-state index >= 15 is 0 Å². The van der Waals surface area contributed by atoms with E-state index in [1.165, 1.54) is 12.1 Å². The van der Waals surface area contributed by atoms with Crippen molar-refractivity contribution in [1.82, 2.24) is 0 Å². The van der Waals surface area contributed by atoms with Gasteiger partial charge in [0, 0.05) is 23.5 Å². The third-order valence-electron chi connectivity index (χ3n) is 3.30. The molecule has 0 heterocycles. The summed E-state index contributed by atoms with van der Waals surface area (Å²) in [6.45, 7) is 4.26. The predicted molar refractivity (Wildman–Crippen MR) is 84.0 cm³/mol. The molecule has 0 aliphatic rings. The van der Waals surface area contributed by atoms with Crippen LogP contribution >= 0.6 is 0 Å². The molecule has 2 aromatic rings. The number of aryl methyl sites for hydroxylation is 1. The molecule has 0 aliphatic carbocycles. The number of hydrogen-bond acceptors (Lipinski definition) is 2. The minimum atomic E-state index is -0.305. The molecule has 2 rings (SSSR count). The Morgan fingerprint density at radius 3 is 2.43 bits per heavy atom. The Hall–Kier alpha value is -2.36. The molecule has 3 nitrogen and oxygen atoms in total. The molecule has 21 heavy (non-hydrogen) atoms. The van der Waals surface area contributed by atoms with Gasteiger partial charge in [0.15, 0.2) is 0 Å². The van der Waals surface area contributed by atoms with Crippen molar-refractivity contribution in [3.8, 4) is 0 Å². The molecule has 2 N–H and O–H groups in total. The maximum Gasteiger partial charge on any atom is 0.258 e. The van der Waals surface area contributed by atoms with Crippen LogP contribution < -0.4 is 10.6 Å². The number of amides is 1. The summed E-state index contributed by atoms with van der Waals surface area (Å²) in [5.74, 6) is -0.439. The Kier molecular flexibility index (Phi) is 4.58. The first kappa shape index (κ1) is 15.0. The van der Waals surface area contributed by atoms with Crippen molar-refractivity contribution in [2.45, 2.75) is 20.3 Å². The van der Waals surface area contributed by atoms with Crippen molar-refractivity contribution in [1.29, 1.82) is 0 Å². The molecule has 0 aliphatic heterocycles. The second-order valence-corrected chi connectivity index (χ2v) is 5.01. The summed E-state index contributed by atoms with van der Waals surface area (Å²) in [5, 5.41) is 0. The Morgan fingerprint density at radius 2 is 1.86 bits per heavy atom. The van der Waals surface area contributed by atoms with E-state index in [0.717, 1.165) is 12.1 Å². The molecular weight excluding hydrogens is 267 g/mol. The van der Waals surface area contributed by atoms with Gasteiger partial charge in [-0.25, -0.2) is 4.39 Å². The van der Waals surface area contributed by atoms with Crippen molar-refractivity contribution < 1.29 is 9.18 Å². The zero-order valence-electron chi connectivity index (χ0n) is 12.3. The fourth-order valence-corrected chi connectivity index (χ4v) is 2.16. The van der Waals surface area contributed by atoms with Gasteiger partial charge < -0.3 is 10.6 Å². The van der Waals surface area contributed by atoms with Gasteiger partial charge in [-0.3, -0.25) is 4.79 Å². The number of rotatable bonds is 4. The highest BCUT2D eigenvalue weighted by atomic mass is 19.1. The van der Waals surface area contributed by atoms with E-state index in [2.05, 4.69) is 0 Å². The highest BCUT2D eigenvalue weighted by molar-refractivity contribution is 6.06. The van der Waals surface area contributed by atoms with Gasteiger partial charge >= 0.3 is 0 Å². The van der Waals surface area contributed by atoms with Crippen LogP contribution in [-0.2, 0) is 0 Å². The average Bonchev–Trinajstić information content (AvgIpc) is 2.48. The maximum atomic E-state index is 13.3. The van der Waals surface area contributed by atoms with E-state index in [4.69, 9.17) is 5.73 Å². The van der Waals surface area contributed by atoms with Gasteiger partial charge in [-0.2, -0.15) is 0 Å². The van der Waals surface area contributed by atoms with E-state index in [9.17, 15) is 9.18 Å². The van der Waals surface area contributed by atoms with Crippen molar-refractivity contribution in [3.05, 3.63) is 59.4 Å². The summed E-state index contributed by atoms with van der Waals surface area (Å²) in [7, 11) is 0. The van der Waals surface area contributed by atoms with Crippen molar-refractivity contribution in [3.63, 3.8) is 0 Å². The SMILES string of the molecule is CCCN(C(=O)c1ccc(F)c(C)c1)c1ccc(N)cc1. The van der Waals surface area contributed by atoms with Gasteiger partial charge in [0.05, 0.1) is 0 Å². The van der Waals surface area contributed by atoms with Gasteiger partial charge in [-0.15, -0.1) is 0 Å². The molecular formula is C17H19FN2O. The highest BCUT2D eigenvalue weighted by Gasteiger charge is 2.17. The largest absolute Gasteiger partial charge is 0.399 e. The first-order valence-corrected chi connectivity index (χ1v) is 6.96. The van der Waals surface area contributed by atoms with Crippen LogP contribution in [0.3, 0.4) is 0 Å². The van der Waals surface area contributed by atoms with Gasteiger partial charge in [0.1, 0.15) is 5.82 Å². The van der Waals surface area contributed by atoms with E-state index in [0.29, 0.717) is 23.4 Å². The Balaban J connectivity index is 2.34. The minimum Gasteiger partial charge on any atom is -0.399 e. The molecule has 110 valence electrons. The molecule has 2 aromatic carbocycles. The topological polar surface area (TPSA) is 46.3 Å². The number of anilines is 2. The predicted octanol–water partition coefficient (Wildman–Crippen LogP) is 3.77. The van der Waals surface area contributed by atoms with Crippen LogP contribution in [0.5, 0.6) is 0 Å². The van der Waals surface area contributed by atoms with E-state index in [1.807, 2.05) is 19.1 Å². The minimum absolute atomic E-state index is 0.135. The molecule has 0 atom stereocenters. The molecule has 0 spiro atoms. The number of hydrogen-bond donors (Lipinski definition) is 1.